The van der Waals surface area contributed by atoms with E-state index in [2.05, 4.69) is 19.9 Å². The number of esters is 1. The van der Waals surface area contributed by atoms with E-state index in [1.165, 1.54) is 18.9 Å². The molecule has 0 amide bonds. The van der Waals surface area contributed by atoms with Crippen LogP contribution in [-0.2, 0) is 16.0 Å². The second kappa shape index (κ2) is 6.16. The molecule has 0 aliphatic carbocycles. The second-order valence-corrected chi connectivity index (χ2v) is 6.13. The maximum absolute atomic E-state index is 11.3. The highest BCUT2D eigenvalue weighted by atomic mass is 32.2. The van der Waals surface area contributed by atoms with Gasteiger partial charge in [0.05, 0.1) is 24.2 Å². The van der Waals surface area contributed by atoms with Gasteiger partial charge < -0.3 is 9.15 Å². The number of thiazole rings is 1. The largest absolute Gasteiger partial charge is 0.468 e. The number of hydrogen-bond acceptors (Lipinski definition) is 8. The van der Waals surface area contributed by atoms with Crippen molar-refractivity contribution in [2.45, 2.75) is 30.7 Å². The minimum Gasteiger partial charge on any atom is -0.468 e. The molecule has 2 aromatic rings. The number of carbonyl (C=O) groups excluding carboxylic acids is 1. The number of ether oxygens (including phenoxy) is 1. The molecule has 0 aliphatic heterocycles. The van der Waals surface area contributed by atoms with Crippen molar-refractivity contribution in [3.05, 3.63) is 22.0 Å². The topological polar surface area (TPSA) is 78.1 Å². The van der Waals surface area contributed by atoms with Crippen LogP contribution in [0.25, 0.3) is 0 Å². The van der Waals surface area contributed by atoms with Gasteiger partial charge in [0, 0.05) is 5.38 Å². The van der Waals surface area contributed by atoms with Gasteiger partial charge in [-0.15, -0.1) is 21.5 Å². The zero-order valence-corrected chi connectivity index (χ0v) is 12.4. The van der Waals surface area contributed by atoms with Crippen LogP contribution in [0.15, 0.2) is 15.0 Å². The quantitative estimate of drug-likeness (QED) is 0.617. The summed E-state index contributed by atoms with van der Waals surface area (Å²) in [4.78, 5) is 15.6. The number of methoxy groups -OCH3 is 1. The van der Waals surface area contributed by atoms with Crippen LogP contribution >= 0.6 is 23.1 Å². The zero-order valence-electron chi connectivity index (χ0n) is 10.7. The molecule has 19 heavy (non-hydrogen) atoms. The molecule has 0 spiro atoms. The van der Waals surface area contributed by atoms with Gasteiger partial charge >= 0.3 is 5.97 Å². The van der Waals surface area contributed by atoms with Crippen LogP contribution < -0.4 is 0 Å². The molecule has 0 N–H and O–H groups in total. The average molecular weight is 299 g/mol. The van der Waals surface area contributed by atoms with E-state index in [0.717, 1.165) is 10.7 Å². The van der Waals surface area contributed by atoms with Crippen LogP contribution in [0.3, 0.4) is 0 Å². The van der Waals surface area contributed by atoms with E-state index in [1.54, 1.807) is 18.3 Å². The summed E-state index contributed by atoms with van der Waals surface area (Å²) in [5, 5.41) is 10.8. The molecule has 2 heterocycles. The monoisotopic (exact) mass is 299 g/mol. The van der Waals surface area contributed by atoms with E-state index in [1.807, 2.05) is 12.3 Å². The van der Waals surface area contributed by atoms with E-state index in [0.29, 0.717) is 17.5 Å². The Hall–Kier alpha value is -1.41. The molecule has 0 aromatic carbocycles. The smallest absolute Gasteiger partial charge is 0.319 e. The fourth-order valence-corrected chi connectivity index (χ4v) is 2.71. The van der Waals surface area contributed by atoms with E-state index in [4.69, 9.17) is 4.42 Å². The number of nitrogens with zero attached hydrogens (tertiary/aromatic N) is 3. The van der Waals surface area contributed by atoms with Crippen LogP contribution in [0.4, 0.5) is 0 Å². The lowest BCUT2D eigenvalue weighted by Gasteiger charge is -2.04. The first-order valence-electron chi connectivity index (χ1n) is 5.56. The summed E-state index contributed by atoms with van der Waals surface area (Å²) in [5.74, 6) is 0.171. The molecule has 0 saturated heterocycles. The summed E-state index contributed by atoms with van der Waals surface area (Å²) in [5.41, 5.74) is 0.906. The lowest BCUT2D eigenvalue weighted by molar-refractivity contribution is -0.139. The highest BCUT2D eigenvalue weighted by Gasteiger charge is 2.18. The minimum atomic E-state index is -0.375. The Morgan fingerprint density at radius 2 is 2.37 bits per heavy atom. The number of hydrogen-bond donors (Lipinski definition) is 0. The summed E-state index contributed by atoms with van der Waals surface area (Å²) in [6.07, 6.45) is 0.504. The maximum Gasteiger partial charge on any atom is 0.319 e. The van der Waals surface area contributed by atoms with E-state index < -0.39 is 0 Å². The van der Waals surface area contributed by atoms with Gasteiger partial charge in [-0.2, -0.15) is 0 Å². The normalized spacial score (nSPS) is 12.4. The Balaban J connectivity index is 1.97. The van der Waals surface area contributed by atoms with Crippen molar-refractivity contribution in [2.75, 3.05) is 7.11 Å². The highest BCUT2D eigenvalue weighted by molar-refractivity contribution is 8.00. The molecule has 8 heteroatoms. The van der Waals surface area contributed by atoms with Crippen LogP contribution in [0.1, 0.15) is 23.5 Å². The van der Waals surface area contributed by atoms with Crippen molar-refractivity contribution in [2.24, 2.45) is 0 Å². The van der Waals surface area contributed by atoms with Gasteiger partial charge in [-0.1, -0.05) is 11.8 Å². The lowest BCUT2D eigenvalue weighted by Crippen LogP contribution is -2.14. The van der Waals surface area contributed by atoms with Crippen LogP contribution in [0.2, 0.25) is 0 Å². The Labute approximate surface area is 118 Å². The summed E-state index contributed by atoms with van der Waals surface area (Å²) in [6, 6.07) is 0. The van der Waals surface area contributed by atoms with Gasteiger partial charge in [-0.25, -0.2) is 4.98 Å². The van der Waals surface area contributed by atoms with Gasteiger partial charge in [0.25, 0.3) is 5.22 Å². The van der Waals surface area contributed by atoms with E-state index in [9.17, 15) is 4.79 Å². The van der Waals surface area contributed by atoms with Gasteiger partial charge in [-0.05, 0) is 13.8 Å². The molecular weight excluding hydrogens is 286 g/mol. The van der Waals surface area contributed by atoms with Gasteiger partial charge in [0.1, 0.15) is 5.25 Å². The Morgan fingerprint density at radius 1 is 1.58 bits per heavy atom. The summed E-state index contributed by atoms with van der Waals surface area (Å²) in [7, 11) is 1.35. The number of rotatable bonds is 5. The third-order valence-corrected chi connectivity index (χ3v) is 3.99. The maximum atomic E-state index is 11.3. The van der Waals surface area contributed by atoms with Crippen molar-refractivity contribution in [3.8, 4) is 0 Å². The highest BCUT2D eigenvalue weighted by Crippen LogP contribution is 2.23. The molecule has 0 bridgehead atoms. The Morgan fingerprint density at radius 3 is 3.00 bits per heavy atom. The van der Waals surface area contributed by atoms with Crippen LogP contribution in [0.5, 0.6) is 0 Å². The first-order chi connectivity index (χ1) is 9.08. The molecule has 6 nitrogen and oxygen atoms in total. The zero-order chi connectivity index (χ0) is 13.8. The van der Waals surface area contributed by atoms with Gasteiger partial charge in [0.15, 0.2) is 0 Å². The summed E-state index contributed by atoms with van der Waals surface area (Å²) < 4.78 is 10.1. The fraction of sp³-hybridized carbons (Fsp3) is 0.455. The van der Waals surface area contributed by atoms with Crippen molar-refractivity contribution >= 4 is 29.1 Å². The first kappa shape index (κ1) is 14.0. The third-order valence-electron chi connectivity index (χ3n) is 2.26. The minimum absolute atomic E-state index is 0.320. The van der Waals surface area contributed by atoms with Crippen LogP contribution in [0, 0.1) is 6.92 Å². The average Bonchev–Trinajstić information content (AvgIpc) is 2.98. The fourth-order valence-electron chi connectivity index (χ4n) is 1.37. The lowest BCUT2D eigenvalue weighted by atomic mass is 10.3. The number of thioether (sulfide) groups is 1. The second-order valence-electron chi connectivity index (χ2n) is 3.78. The van der Waals surface area contributed by atoms with Crippen molar-refractivity contribution in [3.63, 3.8) is 0 Å². The summed E-state index contributed by atoms with van der Waals surface area (Å²) in [6.45, 7) is 3.67. The summed E-state index contributed by atoms with van der Waals surface area (Å²) >= 11 is 2.76. The van der Waals surface area contributed by atoms with Crippen molar-refractivity contribution < 1.29 is 13.9 Å². The predicted octanol–water partition coefficient (Wildman–Crippen LogP) is 2.08. The first-order valence-corrected chi connectivity index (χ1v) is 7.32. The molecule has 102 valence electrons. The number of aryl methyl sites for hydroxylation is 1. The molecule has 0 unspecified atom stereocenters. The molecule has 1 atom stereocenters. The number of aromatic nitrogens is 3. The van der Waals surface area contributed by atoms with Crippen molar-refractivity contribution in [1.29, 1.82) is 0 Å². The molecule has 0 fully saturated rings. The molecule has 2 aromatic heterocycles. The van der Waals surface area contributed by atoms with Crippen LogP contribution in [-0.4, -0.2) is 33.5 Å². The molecule has 0 radical (unpaired) electrons. The molecular formula is C11H13N3O3S2. The molecule has 0 saturated carbocycles. The standard InChI is InChI=1S/C11H13N3O3S2/c1-6(10(15)16-3)19-11-14-13-9(17-11)4-8-5-18-7(2)12-8/h5-6H,4H2,1-3H3/t6-/m0/s1. The van der Waals surface area contributed by atoms with Crippen molar-refractivity contribution in [1.82, 2.24) is 15.2 Å². The van der Waals surface area contributed by atoms with Gasteiger partial charge in [0.2, 0.25) is 5.89 Å². The predicted molar refractivity (Wildman–Crippen MR) is 71.3 cm³/mol. The Kier molecular flexibility index (Phi) is 4.54. The number of carbonyl (C=O) groups is 1. The van der Waals surface area contributed by atoms with E-state index >= 15 is 0 Å². The molecule has 2 rings (SSSR count). The molecule has 0 aliphatic rings. The Bertz CT molecular complexity index is 567. The SMILES string of the molecule is COC(=O)[C@H](C)Sc1nnc(Cc2csc(C)n2)o1. The third kappa shape index (κ3) is 3.77. The van der Waals surface area contributed by atoms with Gasteiger partial charge in [-0.3, -0.25) is 4.79 Å². The van der Waals surface area contributed by atoms with E-state index in [-0.39, 0.29) is 11.2 Å².